The van der Waals surface area contributed by atoms with Gasteiger partial charge in [-0.1, -0.05) is 48.0 Å². The van der Waals surface area contributed by atoms with Crippen molar-refractivity contribution < 1.29 is 22.7 Å². The van der Waals surface area contributed by atoms with E-state index in [4.69, 9.17) is 16.3 Å². The molecule has 2 amide bonds. The van der Waals surface area contributed by atoms with Crippen LogP contribution in [0.25, 0.3) is 0 Å². The zero-order valence-electron chi connectivity index (χ0n) is 21.1. The highest BCUT2D eigenvalue weighted by Crippen LogP contribution is 2.33. The molecule has 0 saturated carbocycles. The number of hydrogen-bond acceptors (Lipinski definition) is 5. The Morgan fingerprint density at radius 2 is 1.73 bits per heavy atom. The van der Waals surface area contributed by atoms with Crippen molar-refractivity contribution in [3.63, 3.8) is 0 Å². The summed E-state index contributed by atoms with van der Waals surface area (Å²) in [5.74, 6) is -0.668. The number of sulfonamides is 1. The molecule has 0 aliphatic carbocycles. The fraction of sp³-hybridized carbons (Fsp3) is 0.259. The Kier molecular flexibility index (Phi) is 9.18. The SMILES string of the molecule is CNC(=O)[C@@H](C)N(Cc1cccc(Cl)c1)C(=O)CN(c1cc(C)ccc1OC)S(=O)(=O)c1ccccc1. The molecule has 0 unspecified atom stereocenters. The highest BCUT2D eigenvalue weighted by molar-refractivity contribution is 7.92. The third-order valence-electron chi connectivity index (χ3n) is 5.87. The van der Waals surface area contributed by atoms with Gasteiger partial charge < -0.3 is 15.0 Å². The second-order valence-electron chi connectivity index (χ2n) is 8.44. The number of ether oxygens (including phenoxy) is 1. The lowest BCUT2D eigenvalue weighted by Crippen LogP contribution is -2.50. The van der Waals surface area contributed by atoms with Gasteiger partial charge in [0.05, 0.1) is 17.7 Å². The molecule has 8 nitrogen and oxygen atoms in total. The summed E-state index contributed by atoms with van der Waals surface area (Å²) in [5, 5.41) is 3.04. The number of methoxy groups -OCH3 is 1. The van der Waals surface area contributed by atoms with Crippen LogP contribution in [0.15, 0.2) is 77.7 Å². The second-order valence-corrected chi connectivity index (χ2v) is 10.7. The number of amides is 2. The van der Waals surface area contributed by atoms with Gasteiger partial charge in [-0.3, -0.25) is 13.9 Å². The third kappa shape index (κ3) is 6.61. The number of nitrogens with one attached hydrogen (secondary N) is 1. The van der Waals surface area contributed by atoms with E-state index in [2.05, 4.69) is 5.32 Å². The van der Waals surface area contributed by atoms with Gasteiger partial charge in [-0.25, -0.2) is 8.42 Å². The van der Waals surface area contributed by atoms with E-state index in [9.17, 15) is 18.0 Å². The summed E-state index contributed by atoms with van der Waals surface area (Å²) < 4.78 is 34.2. The number of benzene rings is 3. The summed E-state index contributed by atoms with van der Waals surface area (Å²) >= 11 is 6.13. The zero-order valence-corrected chi connectivity index (χ0v) is 22.7. The van der Waals surface area contributed by atoms with E-state index in [1.165, 1.54) is 31.2 Å². The topological polar surface area (TPSA) is 96.0 Å². The predicted molar refractivity (Wildman–Crippen MR) is 144 cm³/mol. The Labute approximate surface area is 222 Å². The van der Waals surface area contributed by atoms with Crippen LogP contribution in [-0.4, -0.2) is 51.9 Å². The van der Waals surface area contributed by atoms with E-state index in [1.54, 1.807) is 67.6 Å². The standard InChI is InChI=1S/C27H30ClN3O5S/c1-19-13-14-25(36-4)24(15-19)31(37(34,35)23-11-6-5-7-12-23)18-26(32)30(20(2)27(33)29-3)17-21-9-8-10-22(28)16-21/h5-16,20H,17-18H2,1-4H3,(H,29,33)/t20-/m1/s1. The molecule has 0 bridgehead atoms. The summed E-state index contributed by atoms with van der Waals surface area (Å²) in [5.41, 5.74) is 1.70. The van der Waals surface area contributed by atoms with E-state index < -0.39 is 28.5 Å². The Hall–Kier alpha value is -3.56. The molecule has 3 aromatic rings. The fourth-order valence-corrected chi connectivity index (χ4v) is 5.50. The molecule has 0 heterocycles. The molecule has 3 rings (SSSR count). The van der Waals surface area contributed by atoms with Gasteiger partial charge in [0.2, 0.25) is 11.8 Å². The van der Waals surface area contributed by atoms with Crippen molar-refractivity contribution in [1.82, 2.24) is 10.2 Å². The molecule has 196 valence electrons. The van der Waals surface area contributed by atoms with Gasteiger partial charge in [0.15, 0.2) is 0 Å². The van der Waals surface area contributed by atoms with Crippen LogP contribution < -0.4 is 14.4 Å². The van der Waals surface area contributed by atoms with Crippen molar-refractivity contribution in [3.8, 4) is 5.75 Å². The quantitative estimate of drug-likeness (QED) is 0.417. The maximum absolute atomic E-state index is 13.8. The van der Waals surface area contributed by atoms with Gasteiger partial charge in [0.1, 0.15) is 18.3 Å². The van der Waals surface area contributed by atoms with Crippen molar-refractivity contribution in [2.24, 2.45) is 0 Å². The molecule has 0 spiro atoms. The summed E-state index contributed by atoms with van der Waals surface area (Å²) in [4.78, 5) is 27.7. The number of carbonyl (C=O) groups excluding carboxylic acids is 2. The van der Waals surface area contributed by atoms with Crippen molar-refractivity contribution in [3.05, 3.63) is 88.9 Å². The average molecular weight is 544 g/mol. The first kappa shape index (κ1) is 28.0. The molecule has 3 aromatic carbocycles. The van der Waals surface area contributed by atoms with E-state index in [1.807, 2.05) is 6.92 Å². The molecule has 0 aromatic heterocycles. The molecule has 10 heteroatoms. The van der Waals surface area contributed by atoms with Crippen LogP contribution in [0.3, 0.4) is 0 Å². The van der Waals surface area contributed by atoms with Gasteiger partial charge >= 0.3 is 0 Å². The Morgan fingerprint density at radius 3 is 2.35 bits per heavy atom. The van der Waals surface area contributed by atoms with Gasteiger partial charge in [0.25, 0.3) is 10.0 Å². The maximum atomic E-state index is 13.8. The lowest BCUT2D eigenvalue weighted by Gasteiger charge is -2.32. The van der Waals surface area contributed by atoms with Crippen LogP contribution in [0.4, 0.5) is 5.69 Å². The van der Waals surface area contributed by atoms with Crippen LogP contribution in [0.5, 0.6) is 5.75 Å². The molecular weight excluding hydrogens is 514 g/mol. The van der Waals surface area contributed by atoms with Crippen LogP contribution in [0.2, 0.25) is 5.02 Å². The first-order chi connectivity index (χ1) is 17.6. The summed E-state index contributed by atoms with van der Waals surface area (Å²) in [6, 6.07) is 19.0. The van der Waals surface area contributed by atoms with Gasteiger partial charge in [-0.15, -0.1) is 0 Å². The number of likely N-dealkylation sites (N-methyl/N-ethyl adjacent to an activating group) is 1. The first-order valence-corrected chi connectivity index (χ1v) is 13.4. The third-order valence-corrected chi connectivity index (χ3v) is 7.88. The number of rotatable bonds is 10. The normalized spacial score (nSPS) is 11.9. The summed E-state index contributed by atoms with van der Waals surface area (Å²) in [6.45, 7) is 2.90. The van der Waals surface area contributed by atoms with E-state index >= 15 is 0 Å². The van der Waals surface area contributed by atoms with Crippen LogP contribution in [-0.2, 0) is 26.2 Å². The number of anilines is 1. The number of aryl methyl sites for hydroxylation is 1. The minimum atomic E-state index is -4.18. The molecule has 0 aliphatic rings. The van der Waals surface area contributed by atoms with Crippen molar-refractivity contribution in [2.75, 3.05) is 25.0 Å². The van der Waals surface area contributed by atoms with E-state index in [0.717, 1.165) is 9.87 Å². The molecule has 0 saturated heterocycles. The highest BCUT2D eigenvalue weighted by atomic mass is 35.5. The molecule has 0 aliphatic heterocycles. The minimum absolute atomic E-state index is 0.0205. The first-order valence-electron chi connectivity index (χ1n) is 11.6. The largest absolute Gasteiger partial charge is 0.495 e. The second kappa shape index (κ2) is 12.1. The molecule has 0 fully saturated rings. The molecule has 1 N–H and O–H groups in total. The summed E-state index contributed by atoms with van der Waals surface area (Å²) in [6.07, 6.45) is 0. The van der Waals surface area contributed by atoms with Crippen molar-refractivity contribution in [2.45, 2.75) is 31.3 Å². The lowest BCUT2D eigenvalue weighted by molar-refractivity contribution is -0.139. The lowest BCUT2D eigenvalue weighted by atomic mass is 10.1. The Bertz CT molecular complexity index is 1370. The summed E-state index contributed by atoms with van der Waals surface area (Å²) in [7, 11) is -1.27. The molecule has 37 heavy (non-hydrogen) atoms. The molecule has 0 radical (unpaired) electrons. The van der Waals surface area contributed by atoms with Crippen LogP contribution in [0, 0.1) is 6.92 Å². The van der Waals surface area contributed by atoms with Gasteiger partial charge in [-0.2, -0.15) is 0 Å². The zero-order chi connectivity index (χ0) is 27.2. The average Bonchev–Trinajstić information content (AvgIpc) is 2.89. The Morgan fingerprint density at radius 1 is 1.03 bits per heavy atom. The van der Waals surface area contributed by atoms with Crippen molar-refractivity contribution in [1.29, 1.82) is 0 Å². The Balaban J connectivity index is 2.10. The van der Waals surface area contributed by atoms with Gasteiger partial charge in [-0.05, 0) is 61.4 Å². The monoisotopic (exact) mass is 543 g/mol. The molecular formula is C27H30ClN3O5S. The number of nitrogens with zero attached hydrogens (tertiary/aromatic N) is 2. The minimum Gasteiger partial charge on any atom is -0.495 e. The fourth-order valence-electron chi connectivity index (χ4n) is 3.85. The van der Waals surface area contributed by atoms with E-state index in [-0.39, 0.29) is 23.0 Å². The molecule has 1 atom stereocenters. The van der Waals surface area contributed by atoms with Crippen LogP contribution >= 0.6 is 11.6 Å². The van der Waals surface area contributed by atoms with Gasteiger partial charge in [0, 0.05) is 18.6 Å². The number of carbonyl (C=O) groups is 2. The number of halogens is 1. The van der Waals surface area contributed by atoms with E-state index in [0.29, 0.717) is 16.3 Å². The predicted octanol–water partition coefficient (Wildman–Crippen LogP) is 4.02. The van der Waals surface area contributed by atoms with Crippen LogP contribution in [0.1, 0.15) is 18.1 Å². The van der Waals surface area contributed by atoms with Crippen molar-refractivity contribution >= 4 is 39.1 Å². The number of hydrogen-bond donors (Lipinski definition) is 1. The highest BCUT2D eigenvalue weighted by Gasteiger charge is 2.33. The smallest absolute Gasteiger partial charge is 0.264 e. The maximum Gasteiger partial charge on any atom is 0.264 e.